The van der Waals surface area contributed by atoms with Crippen LogP contribution in [0, 0.1) is 29.6 Å². The lowest BCUT2D eigenvalue weighted by molar-refractivity contribution is -0.149. The van der Waals surface area contributed by atoms with Gasteiger partial charge in [-0.25, -0.2) is 19.2 Å². The number of nitrogens with two attached hydrogens (primary N) is 1. The summed E-state index contributed by atoms with van der Waals surface area (Å²) in [5, 5.41) is 44.7. The summed E-state index contributed by atoms with van der Waals surface area (Å²) in [6, 6.07) is 40.8. The van der Waals surface area contributed by atoms with Gasteiger partial charge in [0, 0.05) is 35.6 Å². The summed E-state index contributed by atoms with van der Waals surface area (Å²) in [5.74, 6) is -9.05. The Hall–Kier alpha value is -12.2. The average molecular weight is 1620 g/mol. The van der Waals surface area contributed by atoms with Crippen LogP contribution in [0.3, 0.4) is 0 Å². The van der Waals surface area contributed by atoms with Crippen LogP contribution in [0.1, 0.15) is 228 Å². The van der Waals surface area contributed by atoms with Crippen LogP contribution in [0.2, 0.25) is 0 Å². The quantitative estimate of drug-likeness (QED) is 0.00215. The highest BCUT2D eigenvalue weighted by molar-refractivity contribution is 6.67. The molecule has 0 aliphatic carbocycles. The third-order valence-electron chi connectivity index (χ3n) is 19.5. The molecule has 0 aromatic heterocycles. The lowest BCUT2D eigenvalue weighted by Crippen LogP contribution is -2.29. The number of ketones is 1. The van der Waals surface area contributed by atoms with Crippen molar-refractivity contribution < 1.29 is 101 Å². The molecular formula is C89H113N7O21. The number of ether oxygens (including phenoxy) is 6. The van der Waals surface area contributed by atoms with Crippen molar-refractivity contribution in [2.24, 2.45) is 44.8 Å². The molecule has 0 spiro atoms. The van der Waals surface area contributed by atoms with Crippen LogP contribution in [-0.4, -0.2) is 134 Å². The van der Waals surface area contributed by atoms with Crippen LogP contribution in [0.25, 0.3) is 0 Å². The van der Waals surface area contributed by atoms with E-state index in [0.29, 0.717) is 93.8 Å². The second-order valence-electron chi connectivity index (χ2n) is 28.1. The van der Waals surface area contributed by atoms with Crippen molar-refractivity contribution in [3.8, 4) is 0 Å². The van der Waals surface area contributed by atoms with Gasteiger partial charge in [0.05, 0.1) is 94.1 Å². The van der Waals surface area contributed by atoms with Gasteiger partial charge in [-0.05, 0) is 210 Å². The van der Waals surface area contributed by atoms with Crippen LogP contribution in [0.5, 0.6) is 0 Å². The number of hydrogen-bond donors (Lipinski definition) is 7. The number of azo groups is 1. The van der Waals surface area contributed by atoms with E-state index in [-0.39, 0.29) is 87.5 Å². The van der Waals surface area contributed by atoms with Gasteiger partial charge in [-0.1, -0.05) is 115 Å². The molecule has 117 heavy (non-hydrogen) atoms. The van der Waals surface area contributed by atoms with Crippen LogP contribution in [-0.2, 0) is 73.3 Å². The normalized spacial score (nSPS) is 13.0. The van der Waals surface area contributed by atoms with Gasteiger partial charge in [0.1, 0.15) is 11.4 Å². The number of unbranched alkanes of at least 4 members (excludes halogenated alkanes) is 2. The molecule has 0 aliphatic rings. The molecule has 630 valence electrons. The molecule has 6 aromatic rings. The highest BCUT2D eigenvalue weighted by Gasteiger charge is 2.29. The number of hydrogen-bond acceptors (Lipinski definition) is 23. The average Bonchev–Trinajstić information content (AvgIpc) is 0.832. The number of amides is 3. The lowest BCUT2D eigenvalue weighted by atomic mass is 9.83. The molecule has 7 atom stereocenters. The molecule has 0 bridgehead atoms. The Kier molecular flexibility index (Phi) is 43.4. The molecule has 7 unspecified atom stereocenters. The molecule has 6 rings (SSSR count). The van der Waals surface area contributed by atoms with E-state index in [0.717, 1.165) is 50.5 Å². The zero-order valence-corrected chi connectivity index (χ0v) is 68.9. The van der Waals surface area contributed by atoms with E-state index in [1.165, 1.54) is 84.2 Å². The number of rotatable bonds is 44. The number of carbonyl (C=O) groups excluding carboxylic acids is 10. The second kappa shape index (κ2) is 52.3. The highest BCUT2D eigenvalue weighted by atomic mass is 16.5. The number of esters is 6. The monoisotopic (exact) mass is 1620 g/mol. The Morgan fingerprint density at radius 2 is 0.855 bits per heavy atom. The van der Waals surface area contributed by atoms with Gasteiger partial charge < -0.3 is 65.4 Å². The van der Waals surface area contributed by atoms with Crippen molar-refractivity contribution in [2.75, 3.05) is 63.3 Å². The van der Waals surface area contributed by atoms with Crippen LogP contribution >= 0.6 is 0 Å². The zero-order chi connectivity index (χ0) is 86.5. The fourth-order valence-corrected chi connectivity index (χ4v) is 12.2. The molecule has 0 saturated carbocycles. The molecule has 8 N–H and O–H groups in total. The maximum absolute atomic E-state index is 13.9. The van der Waals surface area contributed by atoms with Gasteiger partial charge in [-0.15, -0.1) is 10.2 Å². The number of aliphatic carboxylic acids is 2. The molecule has 28 nitrogen and oxygen atoms in total. The summed E-state index contributed by atoms with van der Waals surface area (Å²) in [6.45, 7) is 14.7. The number of carbonyl (C=O) groups is 12. The molecule has 0 aliphatic heterocycles. The molecule has 0 fully saturated rings. The van der Waals surface area contributed by atoms with Gasteiger partial charge in [0.2, 0.25) is 5.91 Å². The van der Waals surface area contributed by atoms with E-state index < -0.39 is 82.4 Å². The minimum absolute atomic E-state index is 0.00258. The summed E-state index contributed by atoms with van der Waals surface area (Å²) in [5.41, 5.74) is 9.30. The van der Waals surface area contributed by atoms with E-state index in [9.17, 15) is 72.9 Å². The van der Waals surface area contributed by atoms with Gasteiger partial charge in [-0.2, -0.15) is 0 Å². The standard InChI is InChI=1S/C47H59N3O11.C22H34O4.C20H20N4O6/c1-7-9-27-61-45(56)30(3)15-16-34(33-13-11-10-12-14-33)18-20-35(19-17-32(8-2)44(54)55)42(52)49-38-22-24-39(25-23-38)50-43(53)41(31(4)51)48-29-37-28-36(46(57)59-5)21-26-40(37)47(58)60-6;1-4-6-16-26-22(25)17(3)12-13-20(19-10-8-7-9-11-19)15-14-18(5-2)21(23)24;1-11(25)17(18(26)22-14-7-5-13(21)6-8-14)24-23-16-10-12(19(27)29-2)4-9-15(16)20(28)30-3/h10-14,21-26,28,30,32,34-35H,7-9,15-20,27,29H2,1-6H3,(H,49,52)(H,50,53)(H,54,55);7-11,17-18,20H,4-6,12-16H2,1-3H3,(H,23,24);4-10,25H,21H2,1-3H3,(H,22,26). The minimum Gasteiger partial charge on any atom is -0.510 e. The van der Waals surface area contributed by atoms with E-state index in [1.54, 1.807) is 48.5 Å². The summed E-state index contributed by atoms with van der Waals surface area (Å²) in [4.78, 5) is 152. The van der Waals surface area contributed by atoms with Crippen molar-refractivity contribution >= 4 is 105 Å². The van der Waals surface area contributed by atoms with Gasteiger partial charge in [0.25, 0.3) is 11.8 Å². The summed E-state index contributed by atoms with van der Waals surface area (Å²) >= 11 is 0. The zero-order valence-electron chi connectivity index (χ0n) is 68.9. The maximum atomic E-state index is 13.9. The van der Waals surface area contributed by atoms with Crippen molar-refractivity contribution in [1.82, 2.24) is 0 Å². The van der Waals surface area contributed by atoms with E-state index in [2.05, 4.69) is 59.7 Å². The van der Waals surface area contributed by atoms with Crippen LogP contribution in [0.4, 0.5) is 28.4 Å². The number of nitrogen functional groups attached to an aromatic ring is 1. The van der Waals surface area contributed by atoms with Gasteiger partial charge in [-0.3, -0.25) is 43.3 Å². The predicted octanol–water partition coefficient (Wildman–Crippen LogP) is 17.0. The molecule has 28 heteroatoms. The number of aliphatic hydroxyl groups excluding tert-OH is 1. The minimum atomic E-state index is -0.905. The topological polar surface area (TPSA) is 420 Å². The van der Waals surface area contributed by atoms with Gasteiger partial charge in [0.15, 0.2) is 17.2 Å². The Morgan fingerprint density at radius 3 is 1.29 bits per heavy atom. The largest absolute Gasteiger partial charge is 0.510 e. The molecular weight excluding hydrogens is 1500 g/mol. The maximum Gasteiger partial charge on any atom is 0.340 e. The third-order valence-corrected chi connectivity index (χ3v) is 19.5. The van der Waals surface area contributed by atoms with Gasteiger partial charge >= 0.3 is 47.8 Å². The number of carboxylic acids is 2. The number of benzene rings is 6. The van der Waals surface area contributed by atoms with Crippen LogP contribution in [0.15, 0.2) is 172 Å². The first-order chi connectivity index (χ1) is 56.0. The first-order valence-corrected chi connectivity index (χ1v) is 39.2. The summed E-state index contributed by atoms with van der Waals surface area (Å²) in [7, 11) is 4.79. The number of methoxy groups -OCH3 is 4. The summed E-state index contributed by atoms with van der Waals surface area (Å²) < 4.78 is 29.7. The van der Waals surface area contributed by atoms with E-state index >= 15 is 0 Å². The number of Topliss-reactive ketones (excluding diaryl/α,β-unsaturated/α-hetero) is 1. The SMILES string of the molecule is CCCCOC(=O)C(C)CCC(CCC(CC)C(=O)O)c1ccccc1.CCCCOC(=O)C(C)CCC(CCC(CCC(CC)C(=O)O)C(=O)Nc1ccc(NC(=O)C(=NCc2cc(C(=O)OC)ccc2C(=O)OC)C(C)=O)cc1)c1ccccc1.COC(=O)c1ccc(C(=O)OC)c(N=NC(C(=O)Nc2ccc(N)cc2)=C(C)O)c1. The van der Waals surface area contributed by atoms with Crippen molar-refractivity contribution in [3.63, 3.8) is 0 Å². The van der Waals surface area contributed by atoms with E-state index in [1.807, 2.05) is 83.1 Å². The Bertz CT molecular complexity index is 4350. The predicted molar refractivity (Wildman–Crippen MR) is 444 cm³/mol. The fourth-order valence-electron chi connectivity index (χ4n) is 12.2. The van der Waals surface area contributed by atoms with Crippen molar-refractivity contribution in [1.29, 1.82) is 0 Å². The molecule has 0 saturated heterocycles. The number of anilines is 4. The highest BCUT2D eigenvalue weighted by Crippen LogP contribution is 2.35. The van der Waals surface area contributed by atoms with Crippen molar-refractivity contribution in [3.05, 3.63) is 196 Å². The Morgan fingerprint density at radius 1 is 0.453 bits per heavy atom. The molecule has 0 radical (unpaired) electrons. The number of nitrogens with one attached hydrogen (secondary N) is 3. The van der Waals surface area contributed by atoms with Crippen molar-refractivity contribution in [2.45, 2.75) is 177 Å². The Balaban J connectivity index is 0.000000424. The number of carboxylic acid groups (broad SMARTS) is 2. The number of nitrogens with zero attached hydrogens (tertiary/aromatic N) is 3. The summed E-state index contributed by atoms with van der Waals surface area (Å²) in [6.07, 6.45) is 11.0. The number of aliphatic imine (C=N–C) groups is 1. The second-order valence-corrected chi connectivity index (χ2v) is 28.1. The first-order valence-electron chi connectivity index (χ1n) is 39.2. The number of aliphatic hydroxyl groups is 1. The third kappa shape index (κ3) is 33.6. The smallest absolute Gasteiger partial charge is 0.340 e. The van der Waals surface area contributed by atoms with Crippen LogP contribution < -0.4 is 21.7 Å². The molecule has 6 aromatic carbocycles. The van der Waals surface area contributed by atoms with E-state index in [4.69, 9.17) is 24.7 Å². The molecule has 3 amide bonds. The lowest BCUT2D eigenvalue weighted by Gasteiger charge is -2.23. The first kappa shape index (κ1) is 97.1. The Labute approximate surface area is 684 Å². The molecule has 0 heterocycles. The fraction of sp³-hybridized carbons (Fsp3) is 0.427. The number of allylic oxidation sites excluding steroid dienone is 1.